The minimum atomic E-state index is -2.39. The van der Waals surface area contributed by atoms with Crippen LogP contribution in [0.5, 0.6) is 46.0 Å². The molecule has 0 saturated carbocycles. The van der Waals surface area contributed by atoms with Crippen molar-refractivity contribution < 1.29 is 127 Å². The van der Waals surface area contributed by atoms with Crippen molar-refractivity contribution in [3.63, 3.8) is 0 Å². The van der Waals surface area contributed by atoms with Crippen molar-refractivity contribution in [2.24, 2.45) is 17.4 Å². The van der Waals surface area contributed by atoms with Crippen LogP contribution in [0.1, 0.15) is 156 Å². The summed E-state index contributed by atoms with van der Waals surface area (Å²) in [7, 11) is 1.48. The fraction of sp³-hybridized carbons (Fsp3) is 0.470. The molecule has 11 bridgehead atoms. The van der Waals surface area contributed by atoms with Gasteiger partial charge in [0.05, 0.1) is 53.5 Å². The number of ether oxygens (including phenoxy) is 8. The second-order valence-corrected chi connectivity index (χ2v) is 33.2. The van der Waals surface area contributed by atoms with Crippen molar-refractivity contribution in [2.45, 2.75) is 227 Å². The zero-order valence-corrected chi connectivity index (χ0v) is 68.7. The van der Waals surface area contributed by atoms with Gasteiger partial charge >= 0.3 is 5.97 Å². The van der Waals surface area contributed by atoms with E-state index in [1.54, 1.807) is 13.8 Å². The molecule has 38 heteroatoms. The number of likely N-dealkylation sites (N-methyl/N-ethyl adjacent to an activating group) is 1. The predicted octanol–water partition coefficient (Wildman–Crippen LogP) is 3.30. The lowest BCUT2D eigenvalue weighted by molar-refractivity contribution is -0.334. The van der Waals surface area contributed by atoms with Crippen molar-refractivity contribution in [1.82, 2.24) is 42.5 Å². The number of nitrogens with one attached hydrogen (secondary N) is 8. The van der Waals surface area contributed by atoms with Gasteiger partial charge in [-0.2, -0.15) is 0 Å². The Balaban J connectivity index is 1.10. The molecule has 14 rings (SSSR count). The lowest BCUT2D eigenvalue weighted by Gasteiger charge is -2.48. The molecule has 0 radical (unpaired) electrons. The van der Waals surface area contributed by atoms with Gasteiger partial charge in [0.2, 0.25) is 53.4 Å². The maximum Gasteiger partial charge on any atom is 0.330 e. The highest BCUT2D eigenvalue weighted by atomic mass is 35.5. The van der Waals surface area contributed by atoms with Crippen LogP contribution in [0, 0.1) is 5.92 Å². The van der Waals surface area contributed by atoms with E-state index >= 15 is 24.0 Å². The summed E-state index contributed by atoms with van der Waals surface area (Å²) in [5.41, 5.74) is 9.01. The number of aliphatic carboxylic acids is 1. The highest BCUT2D eigenvalue weighted by Crippen LogP contribution is 2.51. The number of phenols is 3. The van der Waals surface area contributed by atoms with Crippen molar-refractivity contribution in [1.29, 1.82) is 0 Å². The van der Waals surface area contributed by atoms with Gasteiger partial charge in [-0.05, 0) is 141 Å². The number of carboxylic acid groups (broad SMARTS) is 1. The molecule has 0 spiro atoms. The van der Waals surface area contributed by atoms with Gasteiger partial charge in [0.15, 0.2) is 36.2 Å². The van der Waals surface area contributed by atoms with Gasteiger partial charge in [0.25, 0.3) is 0 Å². The zero-order chi connectivity index (χ0) is 87.9. The molecular weight excluding hydrogens is 1620 g/mol. The van der Waals surface area contributed by atoms with Gasteiger partial charge in [0.1, 0.15) is 89.5 Å². The molecular formula is C83H100Cl2N10O26. The van der Waals surface area contributed by atoms with E-state index in [0.717, 1.165) is 59.7 Å². The molecule has 6 aromatic carbocycles. The van der Waals surface area contributed by atoms with Crippen LogP contribution >= 0.6 is 23.2 Å². The van der Waals surface area contributed by atoms with Crippen LogP contribution in [-0.4, -0.2) is 215 Å². The number of aromatic hydroxyl groups is 3. The normalized spacial score (nSPS) is 30.4. The first-order valence-corrected chi connectivity index (χ1v) is 40.0. The first-order valence-electron chi connectivity index (χ1n) is 39.2. The lowest BCUT2D eigenvalue weighted by Crippen LogP contribution is -2.65. The van der Waals surface area contributed by atoms with Crippen LogP contribution in [0.15, 0.2) is 103 Å². The van der Waals surface area contributed by atoms with Crippen LogP contribution in [0.25, 0.3) is 11.1 Å². The van der Waals surface area contributed by atoms with E-state index in [2.05, 4.69) is 56.4 Å². The van der Waals surface area contributed by atoms with Crippen LogP contribution in [-0.2, 0) is 68.6 Å². The molecule has 22 N–H and O–H groups in total. The molecule has 3 fully saturated rings. The number of hydrogen-bond donors (Lipinski definition) is 20. The maximum atomic E-state index is 16.5. The first kappa shape index (κ1) is 90.1. The van der Waals surface area contributed by atoms with Crippen molar-refractivity contribution in [3.05, 3.63) is 152 Å². The molecule has 0 aromatic heterocycles. The Kier molecular flexibility index (Phi) is 27.5. The van der Waals surface area contributed by atoms with Crippen molar-refractivity contribution >= 4 is 70.5 Å². The maximum absolute atomic E-state index is 16.5. The fourth-order valence-electron chi connectivity index (χ4n) is 15.7. The fourth-order valence-corrected chi connectivity index (χ4v) is 16.2. The molecule has 8 heterocycles. The molecule has 6 aromatic rings. The van der Waals surface area contributed by atoms with Gasteiger partial charge in [-0.3, -0.25) is 33.6 Å². The monoisotopic (exact) mass is 1720 g/mol. The molecule has 0 unspecified atom stereocenters. The number of benzene rings is 6. The number of rotatable bonds is 19. The number of aliphatic hydroxyl groups excluding tert-OH is 6. The standard InChI is InChI=1S/C83H100Cl2N10O26/c1-33(2)20-48(88-9)74(106)94-64-66(101)40-15-18-52(46(84)22-40)116-54-24-42-25-55(70(54)121-81-71(68(103)67(102)56(32-96)118-81)120-59-30-83(8,73(105)36(6)115-59)89-31-37-10-12-38(13-11-37)34(3)4)117-53-19-16-41(23-47(53)85)69(119-58-29-82(7,87)72(104)35(5)114-58)65-79(111)93-63(80(112)113)45-26-43(97)27-51(99)60(45)44-21-39(14-17-50(44)98)61(76(108)95-65)92-77(109)62(42)91-75(107)49(28-57(86)100)90-78(64)110/h10-19,21-27,33-36,48-49,56,58-59,61-69,71-73,81,88-89,96-99,101-105H,20,28-32,87H2,1-9H3,(H2,86,100)(H,90,110)(H,91,107)(H,92,109)(H,93,111)(H,94,106)(H,95,108)(H,112,113)/t35-,36-,48+,49-,56+,58-,59-,61+,62+,63+,64+,65-,66+,67+,68-,69+,71+,72+,73+,81-,82-,83-/m0/s1. The van der Waals surface area contributed by atoms with Crippen LogP contribution < -0.4 is 68.2 Å². The summed E-state index contributed by atoms with van der Waals surface area (Å²) in [4.78, 5) is 121. The van der Waals surface area contributed by atoms with Gasteiger partial charge in [-0.15, -0.1) is 0 Å². The number of halogens is 2. The summed E-state index contributed by atoms with van der Waals surface area (Å²) in [5.74, 6) is -15.8. The van der Waals surface area contributed by atoms with E-state index in [0.29, 0.717) is 0 Å². The van der Waals surface area contributed by atoms with E-state index in [4.69, 9.17) is 72.6 Å². The van der Waals surface area contributed by atoms with Crippen LogP contribution in [0.3, 0.4) is 0 Å². The number of primary amides is 1. The molecule has 7 amide bonds. The molecule has 22 atom stereocenters. The number of aliphatic hydroxyl groups is 6. The first-order chi connectivity index (χ1) is 57.1. The average molecular weight is 1720 g/mol. The Bertz CT molecular complexity index is 4910. The highest BCUT2D eigenvalue weighted by molar-refractivity contribution is 6.32. The molecule has 8 aliphatic rings. The number of carboxylic acids is 1. The average Bonchev–Trinajstić information content (AvgIpc) is 0.760. The minimum absolute atomic E-state index is 0.114. The number of carbonyl (C=O) groups is 8. The number of carbonyl (C=O) groups excluding carboxylic acids is 7. The molecule has 8 aliphatic heterocycles. The van der Waals surface area contributed by atoms with Gasteiger partial charge < -0.3 is 143 Å². The predicted molar refractivity (Wildman–Crippen MR) is 429 cm³/mol. The van der Waals surface area contributed by atoms with E-state index < -0.39 is 261 Å². The number of fused-ring (bicyclic) bond motifs is 15. The topological polar surface area (TPSA) is 561 Å². The number of amides is 7. The van der Waals surface area contributed by atoms with Gasteiger partial charge in [0, 0.05) is 53.2 Å². The van der Waals surface area contributed by atoms with E-state index in [-0.39, 0.29) is 65.1 Å². The number of hydrogen-bond acceptors (Lipinski definition) is 28. The number of nitrogens with two attached hydrogens (primary N) is 2. The third-order valence-electron chi connectivity index (χ3n) is 22.4. The largest absolute Gasteiger partial charge is 0.508 e. The van der Waals surface area contributed by atoms with E-state index in [9.17, 15) is 65.4 Å². The van der Waals surface area contributed by atoms with Crippen LogP contribution in [0.4, 0.5) is 0 Å². The third kappa shape index (κ3) is 19.7. The summed E-state index contributed by atoms with van der Waals surface area (Å²) < 4.78 is 52.8. The Morgan fingerprint density at radius 1 is 0.653 bits per heavy atom. The summed E-state index contributed by atoms with van der Waals surface area (Å²) in [6.07, 6.45) is -22.7. The highest BCUT2D eigenvalue weighted by Gasteiger charge is 2.53. The molecule has 0 aliphatic carbocycles. The Labute approximate surface area is 704 Å². The van der Waals surface area contributed by atoms with Crippen molar-refractivity contribution in [3.8, 4) is 57.1 Å². The Morgan fingerprint density at radius 3 is 1.86 bits per heavy atom. The zero-order valence-electron chi connectivity index (χ0n) is 67.2. The molecule has 3 saturated heterocycles. The third-order valence-corrected chi connectivity index (χ3v) is 23.0. The molecule has 652 valence electrons. The Morgan fingerprint density at radius 2 is 1.26 bits per heavy atom. The molecule has 121 heavy (non-hydrogen) atoms. The number of phenolic OH excluding ortho intramolecular Hbond substituents is 3. The van der Waals surface area contributed by atoms with Gasteiger partial charge in [-0.25, -0.2) is 4.79 Å². The SMILES string of the molecule is CN[C@H](CC(C)C)C(=O)N[C@H]1C(=O)N[C@@H](CC(N)=O)C(=O)N[C@H]2C(=O)N[C@H]3C(=O)N[C@H](C(=O)N[C@@H](C(=O)O)c4cc(O)cc(O)c4-c4cc3ccc4O)[C@H](O[C@H]3C[C@](C)(N)[C@H](O)[C@H](C)O3)c3ccc(c(Cl)c3)Oc3cc2cc(c3O[C@@H]2O[C@H](CO)[C@@H](O)[C@H](O)[C@H]2O[C@H]2C[C@](C)(NCc3ccc(C(C)C)cc3)[C@H](O)[C@H](C)O2)Oc2ccc(cc2Cl)[C@H]1O. The van der Waals surface area contributed by atoms with E-state index in [1.165, 1.54) is 51.2 Å². The summed E-state index contributed by atoms with van der Waals surface area (Å²) in [6.45, 7) is 13.3. The van der Waals surface area contributed by atoms with E-state index in [1.807, 2.05) is 38.1 Å². The minimum Gasteiger partial charge on any atom is -0.508 e. The second kappa shape index (κ2) is 36.9. The Hall–Kier alpha value is -10.1. The van der Waals surface area contributed by atoms with Gasteiger partial charge in [-0.1, -0.05) is 93.4 Å². The lowest BCUT2D eigenvalue weighted by atomic mass is 9.84. The second-order valence-electron chi connectivity index (χ2n) is 32.4. The van der Waals surface area contributed by atoms with Crippen molar-refractivity contribution in [2.75, 3.05) is 13.7 Å². The summed E-state index contributed by atoms with van der Waals surface area (Å²) in [5, 5.41) is 137. The summed E-state index contributed by atoms with van der Waals surface area (Å²) >= 11 is 14.6. The molecule has 36 nitrogen and oxygen atoms in total. The van der Waals surface area contributed by atoms with Crippen LogP contribution in [0.2, 0.25) is 10.0 Å². The summed E-state index contributed by atoms with van der Waals surface area (Å²) in [6, 6.07) is 7.54. The smallest absolute Gasteiger partial charge is 0.330 e. The quantitative estimate of drug-likeness (QED) is 0.0553.